The van der Waals surface area contributed by atoms with Crippen LogP contribution in [-0.2, 0) is 9.59 Å². The van der Waals surface area contributed by atoms with E-state index in [4.69, 9.17) is 0 Å². The van der Waals surface area contributed by atoms with E-state index in [9.17, 15) is 9.59 Å². The smallest absolute Gasteiger partial charge is 0.219 e. The molecule has 1 atom stereocenters. The molecule has 0 spiro atoms. The number of hydrogen-bond donors (Lipinski definition) is 2. The van der Waals surface area contributed by atoms with E-state index in [1.54, 1.807) is 13.8 Å². The summed E-state index contributed by atoms with van der Waals surface area (Å²) in [6, 6.07) is 0.764. The lowest BCUT2D eigenvalue weighted by atomic mass is 10.2. The van der Waals surface area contributed by atoms with E-state index in [0.29, 0.717) is 11.9 Å². The SMILES string of the molecule is CC(=O)N1CCCC1C.CC(=O)NC(C)C.Cc1nn[nH]n1. The fraction of sp³-hybridized carbons (Fsp3) is 0.786. The molecule has 2 amide bonds. The number of likely N-dealkylation sites (tertiary alicyclic amines) is 1. The number of aryl methyl sites for hydroxylation is 1. The molecule has 0 aromatic carbocycles. The minimum atomic E-state index is 0.0370. The Morgan fingerprint density at radius 2 is 2.00 bits per heavy atom. The van der Waals surface area contributed by atoms with Gasteiger partial charge in [0.15, 0.2) is 5.82 Å². The Morgan fingerprint density at radius 3 is 2.14 bits per heavy atom. The monoisotopic (exact) mass is 312 g/mol. The molecule has 1 unspecified atom stereocenters. The molecule has 8 nitrogen and oxygen atoms in total. The number of rotatable bonds is 1. The maximum Gasteiger partial charge on any atom is 0.219 e. The Labute approximate surface area is 132 Å². The molecule has 8 heteroatoms. The summed E-state index contributed by atoms with van der Waals surface area (Å²) in [6.07, 6.45) is 2.36. The summed E-state index contributed by atoms with van der Waals surface area (Å²) in [6.45, 7) is 11.9. The van der Waals surface area contributed by atoms with Gasteiger partial charge in [0.05, 0.1) is 0 Å². The third kappa shape index (κ3) is 9.84. The average molecular weight is 312 g/mol. The molecule has 1 saturated heterocycles. The van der Waals surface area contributed by atoms with Gasteiger partial charge in [0.2, 0.25) is 11.8 Å². The summed E-state index contributed by atoms with van der Waals surface area (Å²) in [5.41, 5.74) is 0. The quantitative estimate of drug-likeness (QED) is 0.807. The molecule has 2 rings (SSSR count). The number of amides is 2. The van der Waals surface area contributed by atoms with E-state index >= 15 is 0 Å². The Kier molecular flexibility index (Phi) is 9.73. The van der Waals surface area contributed by atoms with Crippen molar-refractivity contribution in [3.63, 3.8) is 0 Å². The van der Waals surface area contributed by atoms with E-state index in [0.717, 1.165) is 6.54 Å². The van der Waals surface area contributed by atoms with Crippen LogP contribution in [0.5, 0.6) is 0 Å². The molecule has 0 saturated carbocycles. The first kappa shape index (κ1) is 20.0. The van der Waals surface area contributed by atoms with Gasteiger partial charge in [-0.05, 0) is 40.5 Å². The molecule has 2 N–H and O–H groups in total. The standard InChI is InChI=1S/C7H13NO.C5H11NO.C2H4N4/c1-6-4-3-5-8(6)7(2)9;1-4(2)6-5(3)7;1-2-3-5-6-4-2/h6H,3-5H2,1-2H3;4H,1-3H3,(H,6,7);1H3,(H,3,4,5,6). The van der Waals surface area contributed by atoms with Crippen LogP contribution in [0.1, 0.15) is 53.3 Å². The molecule has 0 aliphatic carbocycles. The van der Waals surface area contributed by atoms with Gasteiger partial charge in [-0.1, -0.05) is 5.21 Å². The highest BCUT2D eigenvalue weighted by Crippen LogP contribution is 2.15. The summed E-state index contributed by atoms with van der Waals surface area (Å²) < 4.78 is 0. The number of nitrogens with zero attached hydrogens (tertiary/aromatic N) is 4. The van der Waals surface area contributed by atoms with Gasteiger partial charge >= 0.3 is 0 Å². The van der Waals surface area contributed by atoms with Crippen molar-refractivity contribution in [1.29, 1.82) is 0 Å². The van der Waals surface area contributed by atoms with Crippen LogP contribution in [0.4, 0.5) is 0 Å². The molecule has 1 aliphatic heterocycles. The molecular weight excluding hydrogens is 284 g/mol. The van der Waals surface area contributed by atoms with Crippen molar-refractivity contribution in [1.82, 2.24) is 30.8 Å². The largest absolute Gasteiger partial charge is 0.354 e. The minimum Gasteiger partial charge on any atom is -0.354 e. The van der Waals surface area contributed by atoms with Crippen LogP contribution in [0, 0.1) is 6.92 Å². The zero-order valence-electron chi connectivity index (χ0n) is 14.4. The average Bonchev–Trinajstić information content (AvgIpc) is 3.00. The van der Waals surface area contributed by atoms with Crippen LogP contribution < -0.4 is 5.32 Å². The zero-order chi connectivity index (χ0) is 17.1. The predicted molar refractivity (Wildman–Crippen MR) is 84.0 cm³/mol. The highest BCUT2D eigenvalue weighted by atomic mass is 16.2. The molecule has 1 aromatic heterocycles. The van der Waals surface area contributed by atoms with Crippen LogP contribution >= 0.6 is 0 Å². The topological polar surface area (TPSA) is 104 Å². The van der Waals surface area contributed by atoms with Crippen molar-refractivity contribution in [3.8, 4) is 0 Å². The van der Waals surface area contributed by atoms with Gasteiger partial charge in [-0.3, -0.25) is 9.59 Å². The third-order valence-corrected chi connectivity index (χ3v) is 2.90. The second-order valence-corrected chi connectivity index (χ2v) is 5.52. The summed E-state index contributed by atoms with van der Waals surface area (Å²) >= 11 is 0. The van der Waals surface area contributed by atoms with Crippen molar-refractivity contribution in [2.45, 2.75) is 66.5 Å². The molecule has 2 heterocycles. The molecule has 0 radical (unpaired) electrons. The van der Waals surface area contributed by atoms with E-state index in [2.05, 4.69) is 32.9 Å². The van der Waals surface area contributed by atoms with Crippen LogP contribution in [0.15, 0.2) is 0 Å². The van der Waals surface area contributed by atoms with Crippen molar-refractivity contribution >= 4 is 11.8 Å². The van der Waals surface area contributed by atoms with Crippen LogP contribution in [0.25, 0.3) is 0 Å². The molecule has 1 aliphatic rings. The predicted octanol–water partition coefficient (Wildman–Crippen LogP) is 1.06. The van der Waals surface area contributed by atoms with Crippen molar-refractivity contribution in [2.24, 2.45) is 0 Å². The van der Waals surface area contributed by atoms with E-state index in [1.165, 1.54) is 19.8 Å². The Balaban J connectivity index is 0.000000308. The fourth-order valence-corrected chi connectivity index (χ4v) is 2.02. The second-order valence-electron chi connectivity index (χ2n) is 5.52. The third-order valence-electron chi connectivity index (χ3n) is 2.90. The molecule has 1 aromatic rings. The van der Waals surface area contributed by atoms with E-state index in [1.807, 2.05) is 18.7 Å². The number of nitrogens with one attached hydrogen (secondary N) is 2. The summed E-state index contributed by atoms with van der Waals surface area (Å²) in [7, 11) is 0. The summed E-state index contributed by atoms with van der Waals surface area (Å²) in [5.74, 6) is 0.935. The highest BCUT2D eigenvalue weighted by molar-refractivity contribution is 5.73. The Morgan fingerprint density at radius 1 is 1.36 bits per heavy atom. The minimum absolute atomic E-state index is 0.0370. The zero-order valence-corrected chi connectivity index (χ0v) is 14.4. The Hall–Kier alpha value is -1.99. The number of carbonyl (C=O) groups excluding carboxylic acids is 2. The highest BCUT2D eigenvalue weighted by Gasteiger charge is 2.21. The van der Waals surface area contributed by atoms with Crippen LogP contribution in [0.3, 0.4) is 0 Å². The van der Waals surface area contributed by atoms with Gasteiger partial charge in [0.1, 0.15) is 0 Å². The van der Waals surface area contributed by atoms with Crippen molar-refractivity contribution < 1.29 is 9.59 Å². The molecule has 126 valence electrons. The van der Waals surface area contributed by atoms with Gasteiger partial charge in [-0.15, -0.1) is 10.2 Å². The summed E-state index contributed by atoms with van der Waals surface area (Å²) in [4.78, 5) is 22.9. The number of carbonyl (C=O) groups is 2. The number of aromatic amines is 1. The van der Waals surface area contributed by atoms with E-state index < -0.39 is 0 Å². The first-order valence-electron chi connectivity index (χ1n) is 7.48. The molecular formula is C14H28N6O2. The lowest BCUT2D eigenvalue weighted by Gasteiger charge is -2.18. The lowest BCUT2D eigenvalue weighted by molar-refractivity contribution is -0.129. The number of hydrogen-bond acceptors (Lipinski definition) is 5. The first-order chi connectivity index (χ1) is 10.2. The van der Waals surface area contributed by atoms with Gasteiger partial charge in [0.25, 0.3) is 0 Å². The summed E-state index contributed by atoms with van der Waals surface area (Å²) in [5, 5.41) is 15.4. The van der Waals surface area contributed by atoms with Gasteiger partial charge in [-0.25, -0.2) is 0 Å². The number of H-pyrrole nitrogens is 1. The number of aromatic nitrogens is 4. The first-order valence-corrected chi connectivity index (χ1v) is 7.48. The van der Waals surface area contributed by atoms with Crippen molar-refractivity contribution in [2.75, 3.05) is 6.54 Å². The van der Waals surface area contributed by atoms with Gasteiger partial charge < -0.3 is 10.2 Å². The maximum atomic E-state index is 10.8. The molecule has 0 bridgehead atoms. The van der Waals surface area contributed by atoms with E-state index in [-0.39, 0.29) is 17.9 Å². The Bertz CT molecular complexity index is 433. The maximum absolute atomic E-state index is 10.8. The normalized spacial score (nSPS) is 16.3. The van der Waals surface area contributed by atoms with Crippen molar-refractivity contribution in [3.05, 3.63) is 5.82 Å². The van der Waals surface area contributed by atoms with Gasteiger partial charge in [0, 0.05) is 32.5 Å². The number of tetrazole rings is 1. The fourth-order valence-electron chi connectivity index (χ4n) is 2.02. The van der Waals surface area contributed by atoms with Gasteiger partial charge in [-0.2, -0.15) is 5.21 Å². The van der Waals surface area contributed by atoms with Crippen LogP contribution in [0.2, 0.25) is 0 Å². The molecule has 22 heavy (non-hydrogen) atoms. The molecule has 1 fully saturated rings. The van der Waals surface area contributed by atoms with Crippen LogP contribution in [-0.4, -0.2) is 56.0 Å². The second kappa shape index (κ2) is 10.7. The lowest BCUT2D eigenvalue weighted by Crippen LogP contribution is -2.31.